The number of rotatable bonds is 8. The van der Waals surface area contributed by atoms with Gasteiger partial charge in [-0.3, -0.25) is 0 Å². The summed E-state index contributed by atoms with van der Waals surface area (Å²) in [6.07, 6.45) is 20.7. The lowest BCUT2D eigenvalue weighted by Crippen LogP contribution is -2.49. The van der Waals surface area contributed by atoms with Crippen molar-refractivity contribution in [1.82, 2.24) is 0 Å². The summed E-state index contributed by atoms with van der Waals surface area (Å²) in [6, 6.07) is 62.0. The van der Waals surface area contributed by atoms with Gasteiger partial charge in [0.1, 0.15) is 11.9 Å². The molecule has 0 radical (unpaired) electrons. The SMILES string of the molecule is CC1(C)C2=CC3Oc4cc5c(cc4N(C4=CC=C(C6=CC=CCC6)CC4)C3C=C2c2ccc(N(c3ccccc3)c3ccccc3)cc21)-c1ccc(N(c2ccccc2)c2ccccc2)cc1C5(C)C. The van der Waals surface area contributed by atoms with Crippen LogP contribution in [0.3, 0.4) is 0 Å². The first-order chi connectivity index (χ1) is 34.2. The number of nitrogens with zero attached hydrogens (tertiary/aromatic N) is 3. The molecule has 0 saturated carbocycles. The van der Waals surface area contributed by atoms with Gasteiger partial charge in [0.25, 0.3) is 0 Å². The molecule has 1 aliphatic heterocycles. The molecule has 0 spiro atoms. The second-order valence-corrected chi connectivity index (χ2v) is 20.7. The number of allylic oxidation sites excluding steroid dienone is 10. The molecule has 4 heteroatoms. The van der Waals surface area contributed by atoms with E-state index >= 15 is 0 Å². The quantitative estimate of drug-likeness (QED) is 0.151. The second-order valence-electron chi connectivity index (χ2n) is 20.7. The summed E-state index contributed by atoms with van der Waals surface area (Å²) in [4.78, 5) is 7.41. The summed E-state index contributed by atoms with van der Waals surface area (Å²) >= 11 is 0. The van der Waals surface area contributed by atoms with Crippen LogP contribution in [0.5, 0.6) is 5.75 Å². The molecule has 0 bridgehead atoms. The lowest BCUT2D eigenvalue weighted by molar-refractivity contribution is 0.213. The van der Waals surface area contributed by atoms with Crippen LogP contribution < -0.4 is 19.4 Å². The van der Waals surface area contributed by atoms with E-state index in [-0.39, 0.29) is 23.0 Å². The number of benzene rings is 7. The van der Waals surface area contributed by atoms with Crippen molar-refractivity contribution in [1.29, 1.82) is 0 Å². The van der Waals surface area contributed by atoms with Crippen LogP contribution in [0.2, 0.25) is 0 Å². The van der Waals surface area contributed by atoms with E-state index in [1.165, 1.54) is 61.4 Å². The third-order valence-electron chi connectivity index (χ3n) is 15.9. The third-order valence-corrected chi connectivity index (χ3v) is 15.9. The molecular weight excluding hydrogens is 851 g/mol. The molecular formula is C66H57N3O. The third kappa shape index (κ3) is 6.79. The summed E-state index contributed by atoms with van der Waals surface area (Å²) in [5, 5.41) is 0. The van der Waals surface area contributed by atoms with Crippen LogP contribution >= 0.6 is 0 Å². The van der Waals surface area contributed by atoms with Gasteiger partial charge in [0.05, 0.1) is 11.7 Å². The largest absolute Gasteiger partial charge is 0.482 e. The molecule has 0 saturated heterocycles. The van der Waals surface area contributed by atoms with Crippen LogP contribution in [0, 0.1) is 0 Å². The molecule has 6 aliphatic rings. The Balaban J connectivity index is 0.936. The number of hydrogen-bond acceptors (Lipinski definition) is 4. The summed E-state index contributed by atoms with van der Waals surface area (Å²) in [6.45, 7) is 9.57. The number of ether oxygens (including phenoxy) is 1. The van der Waals surface area contributed by atoms with E-state index in [0.29, 0.717) is 0 Å². The lowest BCUT2D eigenvalue weighted by Gasteiger charge is -2.46. The van der Waals surface area contributed by atoms with Crippen molar-refractivity contribution in [2.45, 2.75) is 76.4 Å². The number of hydrogen-bond donors (Lipinski definition) is 0. The zero-order chi connectivity index (χ0) is 47.1. The normalized spacial score (nSPS) is 19.6. The molecule has 70 heavy (non-hydrogen) atoms. The smallest absolute Gasteiger partial charge is 0.144 e. The van der Waals surface area contributed by atoms with Crippen molar-refractivity contribution in [3.63, 3.8) is 0 Å². The molecule has 0 fully saturated rings. The maximum absolute atomic E-state index is 7.41. The minimum atomic E-state index is -0.262. The number of anilines is 7. The van der Waals surface area contributed by atoms with Crippen molar-refractivity contribution in [3.05, 3.63) is 257 Å². The highest BCUT2D eigenvalue weighted by molar-refractivity contribution is 5.95. The molecule has 13 rings (SSSR count). The van der Waals surface area contributed by atoms with Gasteiger partial charge in [0.15, 0.2) is 0 Å². The van der Waals surface area contributed by atoms with Crippen LogP contribution in [0.4, 0.5) is 39.8 Å². The monoisotopic (exact) mass is 907 g/mol. The molecule has 4 nitrogen and oxygen atoms in total. The molecule has 0 N–H and O–H groups in total. The van der Waals surface area contributed by atoms with Crippen molar-refractivity contribution >= 4 is 45.4 Å². The summed E-state index contributed by atoms with van der Waals surface area (Å²) in [5.41, 5.74) is 22.3. The van der Waals surface area contributed by atoms with Gasteiger partial charge in [0, 0.05) is 50.7 Å². The highest BCUT2D eigenvalue weighted by Crippen LogP contribution is 2.58. The Hall–Kier alpha value is -7.82. The average molecular weight is 908 g/mol. The van der Waals surface area contributed by atoms with Crippen molar-refractivity contribution in [2.75, 3.05) is 14.7 Å². The van der Waals surface area contributed by atoms with Gasteiger partial charge in [-0.15, -0.1) is 0 Å². The van der Waals surface area contributed by atoms with Crippen LogP contribution in [0.25, 0.3) is 16.7 Å². The van der Waals surface area contributed by atoms with E-state index < -0.39 is 0 Å². The topological polar surface area (TPSA) is 19.0 Å². The summed E-state index contributed by atoms with van der Waals surface area (Å²) in [7, 11) is 0. The van der Waals surface area contributed by atoms with Gasteiger partial charge < -0.3 is 19.4 Å². The maximum atomic E-state index is 7.41. The highest BCUT2D eigenvalue weighted by atomic mass is 16.5. The van der Waals surface area contributed by atoms with Crippen LogP contribution in [0.1, 0.15) is 75.6 Å². The molecule has 7 aromatic rings. The van der Waals surface area contributed by atoms with E-state index in [4.69, 9.17) is 4.74 Å². The Morgan fingerprint density at radius 2 is 1.03 bits per heavy atom. The minimum absolute atomic E-state index is 0.0320. The van der Waals surface area contributed by atoms with E-state index in [9.17, 15) is 0 Å². The lowest BCUT2D eigenvalue weighted by atomic mass is 9.78. The fourth-order valence-electron chi connectivity index (χ4n) is 12.4. The molecule has 0 amide bonds. The van der Waals surface area contributed by atoms with Crippen LogP contribution in [-0.4, -0.2) is 12.1 Å². The van der Waals surface area contributed by atoms with Gasteiger partial charge in [-0.2, -0.15) is 0 Å². The Morgan fingerprint density at radius 3 is 1.57 bits per heavy atom. The Kier molecular flexibility index (Phi) is 9.92. The molecule has 0 aromatic heterocycles. The van der Waals surface area contributed by atoms with E-state index in [2.05, 4.69) is 255 Å². The number of fused-ring (bicyclic) bond motifs is 8. The molecule has 342 valence electrons. The first-order valence-corrected chi connectivity index (χ1v) is 25.2. The molecule has 7 aromatic carbocycles. The molecule has 5 aliphatic carbocycles. The predicted octanol–water partition coefficient (Wildman–Crippen LogP) is 17.1. The Labute approximate surface area is 413 Å². The first-order valence-electron chi connectivity index (χ1n) is 25.2. The fraction of sp³-hybridized carbons (Fsp3) is 0.182. The van der Waals surface area contributed by atoms with Gasteiger partial charge in [-0.25, -0.2) is 0 Å². The Morgan fingerprint density at radius 1 is 0.486 bits per heavy atom. The Bertz CT molecular complexity index is 3330. The first kappa shape index (κ1) is 42.3. The van der Waals surface area contributed by atoms with E-state index in [1.54, 1.807) is 0 Å². The predicted molar refractivity (Wildman–Crippen MR) is 291 cm³/mol. The summed E-state index contributed by atoms with van der Waals surface area (Å²) in [5.74, 6) is 0.956. The minimum Gasteiger partial charge on any atom is -0.482 e. The van der Waals surface area contributed by atoms with Crippen molar-refractivity contribution < 1.29 is 4.74 Å². The highest BCUT2D eigenvalue weighted by Gasteiger charge is 2.47. The standard InChI is InChI=1S/C66H57N3O/c1-65(2)57-38-51(67(46-22-12-6-13-23-46)47-24-14-7-15-25-47)34-36-53(57)55-40-61-63(42-59(55)65)70-64-43-60-56(41-62(64)69(61)50-32-30-45(31-33-50)44-20-10-5-11-21-44)54-37-35-52(39-58(54)66(60,3)4)68(48-26-16-8-17-27-48)49-28-18-9-19-29-49/h5-10,12-20,22-30,32,34-43,61,63H,11,21,31,33H2,1-4H3. The molecule has 2 atom stereocenters. The van der Waals surface area contributed by atoms with E-state index in [0.717, 1.165) is 71.2 Å². The molecule has 2 unspecified atom stereocenters. The van der Waals surface area contributed by atoms with Crippen molar-refractivity contribution in [3.8, 4) is 16.9 Å². The number of para-hydroxylation sites is 4. The van der Waals surface area contributed by atoms with Gasteiger partial charge >= 0.3 is 0 Å². The molecule has 1 heterocycles. The van der Waals surface area contributed by atoms with Crippen LogP contribution in [0.15, 0.2) is 235 Å². The zero-order valence-corrected chi connectivity index (χ0v) is 40.4. The van der Waals surface area contributed by atoms with Gasteiger partial charge in [-0.05, 0) is 185 Å². The fourth-order valence-corrected chi connectivity index (χ4v) is 12.4. The summed E-state index contributed by atoms with van der Waals surface area (Å²) < 4.78 is 7.41. The second kappa shape index (κ2) is 16.4. The zero-order valence-electron chi connectivity index (χ0n) is 40.4. The maximum Gasteiger partial charge on any atom is 0.144 e. The van der Waals surface area contributed by atoms with Gasteiger partial charge in [-0.1, -0.05) is 137 Å². The van der Waals surface area contributed by atoms with Crippen LogP contribution in [-0.2, 0) is 10.8 Å². The van der Waals surface area contributed by atoms with E-state index in [1.807, 2.05) is 0 Å². The van der Waals surface area contributed by atoms with Crippen molar-refractivity contribution in [2.24, 2.45) is 0 Å². The average Bonchev–Trinajstić information content (AvgIpc) is 3.76. The van der Waals surface area contributed by atoms with Gasteiger partial charge in [0.2, 0.25) is 0 Å².